The van der Waals surface area contributed by atoms with Crippen LogP contribution < -0.4 is 0 Å². The maximum absolute atomic E-state index is 3.04. The van der Waals surface area contributed by atoms with Crippen LogP contribution in [0.3, 0.4) is 0 Å². The van der Waals surface area contributed by atoms with E-state index in [1.165, 1.54) is 367 Å². The van der Waals surface area contributed by atoms with E-state index in [-0.39, 0.29) is 0 Å². The molecule has 5 heteroatoms. The fraction of sp³-hybridized carbons (Fsp3) is 0.835. The summed E-state index contributed by atoms with van der Waals surface area (Å²) < 4.78 is 0. The van der Waals surface area contributed by atoms with Gasteiger partial charge in [0.15, 0.2) is 0 Å². The lowest BCUT2D eigenvalue weighted by Crippen LogP contribution is -2.47. The van der Waals surface area contributed by atoms with Crippen LogP contribution >= 0.6 is 0 Å². The molecule has 0 saturated carbocycles. The molecule has 598 valence electrons. The Balaban J connectivity index is 6.17. The molecule has 102 heavy (non-hydrogen) atoms. The molecular weight excluding hydrogens is 1240 g/mol. The summed E-state index contributed by atoms with van der Waals surface area (Å²) in [6.45, 7) is 36.1. The van der Waals surface area contributed by atoms with Gasteiger partial charge in [-0.05, 0) is 220 Å². The number of nitrogens with zero attached hydrogens (tertiary/aromatic N) is 5. The van der Waals surface area contributed by atoms with Crippen molar-refractivity contribution in [2.24, 2.45) is 5.41 Å². The molecule has 0 bridgehead atoms. The van der Waals surface area contributed by atoms with E-state index in [0.717, 1.165) is 51.9 Å². The van der Waals surface area contributed by atoms with Crippen LogP contribution in [0.2, 0.25) is 0 Å². The highest BCUT2D eigenvalue weighted by molar-refractivity contribution is 4.96. The zero-order chi connectivity index (χ0) is 74.4. The predicted octanol–water partition coefficient (Wildman–Crippen LogP) is 30.0. The molecule has 5 nitrogen and oxygen atoms in total. The molecule has 0 heterocycles. The lowest BCUT2D eigenvalue weighted by Gasteiger charge is -2.41. The molecule has 0 N–H and O–H groups in total. The Hall–Kier alpha value is -2.28. The zero-order valence-corrected chi connectivity index (χ0v) is 71.7. The molecule has 0 aliphatic rings. The van der Waals surface area contributed by atoms with Crippen molar-refractivity contribution in [3.63, 3.8) is 0 Å². The van der Waals surface area contributed by atoms with Gasteiger partial charge in [-0.15, -0.1) is 0 Å². The summed E-state index contributed by atoms with van der Waals surface area (Å²) in [4.78, 5) is 14.1. The molecular formula is C97H185N5. The van der Waals surface area contributed by atoms with Gasteiger partial charge >= 0.3 is 0 Å². The molecule has 0 spiro atoms. The molecule has 0 aliphatic carbocycles. The van der Waals surface area contributed by atoms with E-state index in [4.69, 9.17) is 0 Å². The van der Waals surface area contributed by atoms with E-state index < -0.39 is 0 Å². The van der Waals surface area contributed by atoms with Gasteiger partial charge in [0, 0.05) is 57.4 Å². The van der Waals surface area contributed by atoms with Gasteiger partial charge in [-0.2, -0.15) is 0 Å². The third kappa shape index (κ3) is 67.1. The summed E-state index contributed by atoms with van der Waals surface area (Å²) in [6.07, 6.45) is 112. The van der Waals surface area contributed by atoms with Crippen molar-refractivity contribution in [3.05, 3.63) is 97.2 Å². The highest BCUT2D eigenvalue weighted by Gasteiger charge is 2.30. The molecule has 0 radical (unpaired) electrons. The predicted molar refractivity (Wildman–Crippen MR) is 467 cm³/mol. The Morgan fingerprint density at radius 1 is 0.265 bits per heavy atom. The first-order valence-electron chi connectivity index (χ1n) is 45.9. The number of likely N-dealkylation sites (N-methyl/N-ethyl adjacent to an activating group) is 3. The van der Waals surface area contributed by atoms with Crippen LogP contribution in [0.25, 0.3) is 0 Å². The third-order valence-electron chi connectivity index (χ3n) is 22.8. The molecule has 0 saturated heterocycles. The number of unbranched alkanes of at least 4 members (excludes halogenated alkanes) is 36. The molecule has 0 fully saturated rings. The Kier molecular flexibility index (Phi) is 78.0. The third-order valence-corrected chi connectivity index (χ3v) is 22.8. The van der Waals surface area contributed by atoms with E-state index in [9.17, 15) is 0 Å². The van der Waals surface area contributed by atoms with Crippen molar-refractivity contribution in [1.29, 1.82) is 0 Å². The molecule has 2 unspecified atom stereocenters. The second-order valence-electron chi connectivity index (χ2n) is 32.3. The standard InChI is InChI=1S/C97H185N5/c1-13-21-25-29-33-37-41-45-49-53-57-61-65-69-73-77-81-95(82-78-74-70-66-62-58-54-50-46-42-38-34-30-26-22-14-2)101(89-87-98(11)12)86-85-97(10,17-5)93-94(9)100(20-8)91-92-102(90-88-99(18-6)19-7)96(83-79-75-71-67-63-59-55-51-47-43-39-35-31-27-23-15-3)84-80-76-72-68-64-60-56-52-48-44-40-36-32-28-24-16-4/h33-40,45-52,94-96H,13-32,41-44,53-93H2,1-12H3. The highest BCUT2D eigenvalue weighted by atomic mass is 15.2. The monoisotopic (exact) mass is 1420 g/mol. The number of hydrogen-bond acceptors (Lipinski definition) is 5. The quantitative estimate of drug-likeness (QED) is 0.0444. The van der Waals surface area contributed by atoms with Gasteiger partial charge in [-0.3, -0.25) is 14.7 Å². The maximum atomic E-state index is 3.04. The van der Waals surface area contributed by atoms with Crippen LogP contribution in [0.15, 0.2) is 97.2 Å². The summed E-state index contributed by atoms with van der Waals surface area (Å²) in [5.74, 6) is 0. The summed E-state index contributed by atoms with van der Waals surface area (Å²) >= 11 is 0. The molecule has 0 rings (SSSR count). The largest absolute Gasteiger partial charge is 0.308 e. The van der Waals surface area contributed by atoms with Crippen LogP contribution in [-0.2, 0) is 0 Å². The average Bonchev–Trinajstić information content (AvgIpc) is 0.861. The Morgan fingerprint density at radius 3 is 0.794 bits per heavy atom. The summed E-state index contributed by atoms with van der Waals surface area (Å²) in [7, 11) is 4.61. The first-order valence-corrected chi connectivity index (χ1v) is 45.9. The Labute approximate surface area is 643 Å². The summed E-state index contributed by atoms with van der Waals surface area (Å²) in [5.41, 5.74) is 0.322. The van der Waals surface area contributed by atoms with Crippen LogP contribution in [-0.4, -0.2) is 122 Å². The lowest BCUT2D eigenvalue weighted by molar-refractivity contribution is 0.0851. The zero-order valence-electron chi connectivity index (χ0n) is 71.7. The number of allylic oxidation sites excluding steroid dienone is 16. The average molecular weight is 1420 g/mol. The van der Waals surface area contributed by atoms with Crippen molar-refractivity contribution >= 4 is 0 Å². The van der Waals surface area contributed by atoms with Crippen molar-refractivity contribution in [2.75, 3.05) is 79.5 Å². The fourth-order valence-corrected chi connectivity index (χ4v) is 15.2. The second-order valence-corrected chi connectivity index (χ2v) is 32.3. The van der Waals surface area contributed by atoms with Crippen LogP contribution in [0.4, 0.5) is 0 Å². The normalized spacial score (nSPS) is 14.4. The molecule has 0 aliphatic heterocycles. The minimum absolute atomic E-state index is 0.322. The van der Waals surface area contributed by atoms with Gasteiger partial charge in [0.05, 0.1) is 0 Å². The van der Waals surface area contributed by atoms with Gasteiger partial charge in [-0.25, -0.2) is 0 Å². The smallest absolute Gasteiger partial charge is 0.0113 e. The van der Waals surface area contributed by atoms with Gasteiger partial charge in [0.25, 0.3) is 0 Å². The Bertz CT molecular complexity index is 1810. The van der Waals surface area contributed by atoms with Gasteiger partial charge in [0.2, 0.25) is 0 Å². The number of hydrogen-bond donors (Lipinski definition) is 0. The van der Waals surface area contributed by atoms with E-state index in [1.807, 2.05) is 0 Å². The first kappa shape index (κ1) is 99.7. The van der Waals surface area contributed by atoms with Crippen molar-refractivity contribution in [2.45, 2.75) is 441 Å². The van der Waals surface area contributed by atoms with Gasteiger partial charge in [0.1, 0.15) is 0 Å². The molecule has 0 amide bonds. The summed E-state index contributed by atoms with van der Waals surface area (Å²) in [5, 5.41) is 0. The first-order chi connectivity index (χ1) is 50.1. The topological polar surface area (TPSA) is 16.2 Å². The van der Waals surface area contributed by atoms with Gasteiger partial charge in [-0.1, -0.05) is 346 Å². The van der Waals surface area contributed by atoms with E-state index in [0.29, 0.717) is 23.5 Å². The molecule has 0 aromatic carbocycles. The second kappa shape index (κ2) is 79.8. The minimum Gasteiger partial charge on any atom is -0.308 e. The van der Waals surface area contributed by atoms with E-state index >= 15 is 0 Å². The Morgan fingerprint density at radius 2 is 0.520 bits per heavy atom. The van der Waals surface area contributed by atoms with Crippen LogP contribution in [0, 0.1) is 5.41 Å². The van der Waals surface area contributed by atoms with Crippen molar-refractivity contribution < 1.29 is 0 Å². The van der Waals surface area contributed by atoms with Crippen molar-refractivity contribution in [1.82, 2.24) is 24.5 Å². The van der Waals surface area contributed by atoms with Gasteiger partial charge < -0.3 is 9.80 Å². The summed E-state index contributed by atoms with van der Waals surface area (Å²) in [6, 6.07) is 1.97. The number of rotatable bonds is 81. The molecule has 0 aromatic heterocycles. The SMILES string of the molecule is CCCCCC=CCC=CCCCCCCCCC(CCCCCCCCC=CCC=CCCCCC)N(CCN(CC)CC)CCN(CC)C(C)CC(C)(CC)CCN(CCN(C)C)C(CCCCCCCCC=CCC=CCCCCC)CCCCCCCCC=CCC=CCCCCC. The van der Waals surface area contributed by atoms with Crippen LogP contribution in [0.5, 0.6) is 0 Å². The minimum atomic E-state index is 0.322. The highest BCUT2D eigenvalue weighted by Crippen LogP contribution is 2.35. The maximum Gasteiger partial charge on any atom is 0.0113 e. The van der Waals surface area contributed by atoms with E-state index in [2.05, 4.69) is 205 Å². The van der Waals surface area contributed by atoms with Crippen LogP contribution in [0.1, 0.15) is 422 Å². The molecule has 2 atom stereocenters. The van der Waals surface area contributed by atoms with E-state index in [1.54, 1.807) is 0 Å². The van der Waals surface area contributed by atoms with Crippen molar-refractivity contribution in [3.8, 4) is 0 Å². The molecule has 0 aromatic rings. The fourth-order valence-electron chi connectivity index (χ4n) is 15.2. The lowest BCUT2D eigenvalue weighted by atomic mass is 9.78.